The van der Waals surface area contributed by atoms with Gasteiger partial charge in [-0.1, -0.05) is 30.3 Å². The van der Waals surface area contributed by atoms with E-state index >= 15 is 0 Å². The Hall–Kier alpha value is -2.98. The van der Waals surface area contributed by atoms with Gasteiger partial charge in [-0.2, -0.15) is 0 Å². The zero-order valence-electron chi connectivity index (χ0n) is 16.3. The molecule has 2 fully saturated rings. The summed E-state index contributed by atoms with van der Waals surface area (Å²) in [4.78, 5) is 16.7. The lowest BCUT2D eigenvalue weighted by Gasteiger charge is -2.08. The average Bonchev–Trinajstić information content (AvgIpc) is 3.69. The number of pyridine rings is 1. The normalized spacial score (nSPS) is 20.3. The van der Waals surface area contributed by atoms with Crippen LogP contribution in [0.15, 0.2) is 73.1 Å². The van der Waals surface area contributed by atoms with E-state index in [-0.39, 0.29) is 5.91 Å². The lowest BCUT2D eigenvalue weighted by molar-refractivity contribution is 0.102. The molecule has 2 saturated carbocycles. The number of hydrogen-bond donors (Lipinski definition) is 2. The summed E-state index contributed by atoms with van der Waals surface area (Å²) in [5.41, 5.74) is 4.93. The molecule has 1 heterocycles. The first-order chi connectivity index (χ1) is 14.3. The first-order valence-electron chi connectivity index (χ1n) is 10.4. The number of benzene rings is 2. The second-order valence-electron chi connectivity index (χ2n) is 8.20. The maximum Gasteiger partial charge on any atom is 0.255 e. The zero-order chi connectivity index (χ0) is 19.6. The van der Waals surface area contributed by atoms with Crippen LogP contribution >= 0.6 is 0 Å². The number of nitrogens with zero attached hydrogens (tertiary/aromatic N) is 1. The fourth-order valence-electron chi connectivity index (χ4n) is 3.79. The molecule has 4 nitrogen and oxygen atoms in total. The highest BCUT2D eigenvalue weighted by molar-refractivity contribution is 6.04. The fourth-order valence-corrected chi connectivity index (χ4v) is 3.79. The van der Waals surface area contributed by atoms with Crippen LogP contribution in [0, 0.1) is 5.92 Å². The molecular weight excluding hydrogens is 358 g/mol. The van der Waals surface area contributed by atoms with Crippen molar-refractivity contribution in [1.82, 2.24) is 10.3 Å². The second-order valence-corrected chi connectivity index (χ2v) is 8.20. The monoisotopic (exact) mass is 383 g/mol. The van der Waals surface area contributed by atoms with Gasteiger partial charge in [0.15, 0.2) is 0 Å². The van der Waals surface area contributed by atoms with Gasteiger partial charge in [0.25, 0.3) is 5.91 Å². The predicted molar refractivity (Wildman–Crippen MR) is 116 cm³/mol. The van der Waals surface area contributed by atoms with Gasteiger partial charge in [0.2, 0.25) is 0 Å². The lowest BCUT2D eigenvalue weighted by Crippen LogP contribution is -2.20. The molecule has 2 atom stereocenters. The predicted octanol–water partition coefficient (Wildman–Crippen LogP) is 4.86. The van der Waals surface area contributed by atoms with Crippen molar-refractivity contribution >= 4 is 11.6 Å². The van der Waals surface area contributed by atoms with Gasteiger partial charge in [-0.05, 0) is 78.7 Å². The van der Waals surface area contributed by atoms with E-state index in [0.717, 1.165) is 22.7 Å². The second kappa shape index (κ2) is 7.80. The highest BCUT2D eigenvalue weighted by atomic mass is 16.1. The summed E-state index contributed by atoms with van der Waals surface area (Å²) >= 11 is 0. The molecule has 2 N–H and O–H groups in total. The molecule has 0 aliphatic heterocycles. The van der Waals surface area contributed by atoms with Crippen LogP contribution in [0.3, 0.4) is 0 Å². The Morgan fingerprint density at radius 1 is 0.966 bits per heavy atom. The summed E-state index contributed by atoms with van der Waals surface area (Å²) in [6, 6.07) is 20.5. The number of anilines is 1. The van der Waals surface area contributed by atoms with Crippen LogP contribution in [0.1, 0.15) is 41.1 Å². The molecular formula is C25H25N3O. The Bertz CT molecular complexity index is 979. The molecule has 4 heteroatoms. The molecule has 5 rings (SSSR count). The maximum absolute atomic E-state index is 12.6. The maximum atomic E-state index is 12.6. The minimum Gasteiger partial charge on any atom is -0.322 e. The summed E-state index contributed by atoms with van der Waals surface area (Å²) in [7, 11) is 0. The van der Waals surface area contributed by atoms with Gasteiger partial charge < -0.3 is 10.6 Å². The van der Waals surface area contributed by atoms with Crippen molar-refractivity contribution in [2.75, 3.05) is 11.9 Å². The Morgan fingerprint density at radius 2 is 1.76 bits per heavy atom. The number of carbonyl (C=O) groups excluding carboxylic acids is 1. The van der Waals surface area contributed by atoms with E-state index in [1.54, 1.807) is 6.20 Å². The third-order valence-electron chi connectivity index (χ3n) is 5.89. The Kier molecular flexibility index (Phi) is 4.86. The minimum atomic E-state index is -0.0918. The Morgan fingerprint density at radius 3 is 2.45 bits per heavy atom. The summed E-state index contributed by atoms with van der Waals surface area (Å²) < 4.78 is 0. The molecule has 3 aromatic rings. The molecule has 1 aromatic heterocycles. The van der Waals surface area contributed by atoms with Crippen LogP contribution in [0.2, 0.25) is 0 Å². The zero-order valence-corrected chi connectivity index (χ0v) is 16.3. The SMILES string of the molecule is O=C(Nc1ccc(C2CC2NCC2CC2)cc1)c1ccc(-c2cccnc2)cc1. The van der Waals surface area contributed by atoms with Crippen LogP contribution < -0.4 is 10.6 Å². The number of aromatic nitrogens is 1. The summed E-state index contributed by atoms with van der Waals surface area (Å²) in [6.45, 7) is 1.18. The van der Waals surface area contributed by atoms with E-state index in [1.165, 1.54) is 31.4 Å². The van der Waals surface area contributed by atoms with Gasteiger partial charge in [0.05, 0.1) is 0 Å². The van der Waals surface area contributed by atoms with Crippen molar-refractivity contribution < 1.29 is 4.79 Å². The van der Waals surface area contributed by atoms with Gasteiger partial charge in [0, 0.05) is 35.6 Å². The first kappa shape index (κ1) is 18.1. The van der Waals surface area contributed by atoms with Crippen LogP contribution in [0.25, 0.3) is 11.1 Å². The van der Waals surface area contributed by atoms with E-state index in [2.05, 4.69) is 27.8 Å². The fraction of sp³-hybridized carbons (Fsp3) is 0.280. The minimum absolute atomic E-state index is 0.0918. The van der Waals surface area contributed by atoms with Crippen molar-refractivity contribution in [3.8, 4) is 11.1 Å². The van der Waals surface area contributed by atoms with Gasteiger partial charge in [-0.3, -0.25) is 9.78 Å². The molecule has 2 unspecified atom stereocenters. The molecule has 0 saturated heterocycles. The number of hydrogen-bond acceptors (Lipinski definition) is 3. The van der Waals surface area contributed by atoms with E-state index in [9.17, 15) is 4.79 Å². The molecule has 0 spiro atoms. The van der Waals surface area contributed by atoms with Crippen LogP contribution in [-0.4, -0.2) is 23.5 Å². The first-order valence-corrected chi connectivity index (χ1v) is 10.4. The lowest BCUT2D eigenvalue weighted by atomic mass is 10.1. The summed E-state index contributed by atoms with van der Waals surface area (Å²) in [5.74, 6) is 1.46. The molecule has 1 amide bonds. The van der Waals surface area contributed by atoms with Gasteiger partial charge in [-0.15, -0.1) is 0 Å². The molecule has 2 aromatic carbocycles. The van der Waals surface area contributed by atoms with E-state index in [4.69, 9.17) is 0 Å². The number of nitrogens with one attached hydrogen (secondary N) is 2. The van der Waals surface area contributed by atoms with E-state index < -0.39 is 0 Å². The van der Waals surface area contributed by atoms with Crippen LogP contribution in [0.4, 0.5) is 5.69 Å². The van der Waals surface area contributed by atoms with Gasteiger partial charge in [0.1, 0.15) is 0 Å². The topological polar surface area (TPSA) is 54.0 Å². The molecule has 2 aliphatic rings. The van der Waals surface area contributed by atoms with E-state index in [1.807, 2.05) is 54.7 Å². The van der Waals surface area contributed by atoms with Crippen molar-refractivity contribution in [2.45, 2.75) is 31.2 Å². The molecule has 29 heavy (non-hydrogen) atoms. The average molecular weight is 383 g/mol. The third-order valence-corrected chi connectivity index (χ3v) is 5.89. The Balaban J connectivity index is 1.17. The van der Waals surface area contributed by atoms with E-state index in [0.29, 0.717) is 17.5 Å². The van der Waals surface area contributed by atoms with Crippen molar-refractivity contribution in [2.24, 2.45) is 5.92 Å². The van der Waals surface area contributed by atoms with Crippen molar-refractivity contribution in [3.05, 3.63) is 84.2 Å². The van der Waals surface area contributed by atoms with Gasteiger partial charge in [-0.25, -0.2) is 0 Å². The van der Waals surface area contributed by atoms with Crippen molar-refractivity contribution in [1.29, 1.82) is 0 Å². The van der Waals surface area contributed by atoms with Gasteiger partial charge >= 0.3 is 0 Å². The smallest absolute Gasteiger partial charge is 0.255 e. The summed E-state index contributed by atoms with van der Waals surface area (Å²) in [5, 5.41) is 6.67. The van der Waals surface area contributed by atoms with Crippen LogP contribution in [-0.2, 0) is 0 Å². The molecule has 0 bridgehead atoms. The molecule has 2 aliphatic carbocycles. The Labute approximate surface area is 171 Å². The number of amides is 1. The standard InChI is InChI=1S/C25H25N3O/c29-25(20-7-5-18(6-8-20)21-2-1-13-26-16-21)28-22-11-9-19(10-12-22)23-14-24(23)27-15-17-3-4-17/h1-2,5-13,16-17,23-24,27H,3-4,14-15H2,(H,28,29). The molecule has 146 valence electrons. The highest BCUT2D eigenvalue weighted by Gasteiger charge is 2.38. The number of carbonyl (C=O) groups is 1. The quantitative estimate of drug-likeness (QED) is 0.613. The summed E-state index contributed by atoms with van der Waals surface area (Å²) in [6.07, 6.45) is 7.59. The highest BCUT2D eigenvalue weighted by Crippen LogP contribution is 2.41. The van der Waals surface area contributed by atoms with Crippen LogP contribution in [0.5, 0.6) is 0 Å². The molecule has 0 radical (unpaired) electrons. The largest absolute Gasteiger partial charge is 0.322 e. The van der Waals surface area contributed by atoms with Crippen molar-refractivity contribution in [3.63, 3.8) is 0 Å². The third kappa shape index (κ3) is 4.38. The number of rotatable bonds is 7.